The topological polar surface area (TPSA) is 197 Å². The Morgan fingerprint density at radius 2 is 1.87 bits per heavy atom. The molecule has 198 valence electrons. The predicted octanol–water partition coefficient (Wildman–Crippen LogP) is 3.77. The summed E-state index contributed by atoms with van der Waals surface area (Å²) in [6.07, 6.45) is 0. The Labute approximate surface area is 218 Å². The number of carboxylic acids is 1. The van der Waals surface area contributed by atoms with Crippen molar-refractivity contribution < 1.29 is 47.0 Å². The van der Waals surface area contributed by atoms with E-state index in [1.807, 2.05) is 0 Å². The van der Waals surface area contributed by atoms with Crippen LogP contribution in [0.3, 0.4) is 0 Å². The van der Waals surface area contributed by atoms with Crippen LogP contribution >= 0.6 is 12.0 Å². The molecule has 14 nitrogen and oxygen atoms in total. The smallest absolute Gasteiger partial charge is 0.355 e. The fraction of sp³-hybridized carbons (Fsp3) is 0.136. The average Bonchev–Trinajstić information content (AvgIpc) is 3.22. The maximum absolute atomic E-state index is 13.0. The van der Waals surface area contributed by atoms with Gasteiger partial charge in [0.15, 0.2) is 5.71 Å². The first-order valence-corrected chi connectivity index (χ1v) is 12.6. The maximum Gasteiger partial charge on any atom is 0.355 e. The summed E-state index contributed by atoms with van der Waals surface area (Å²) in [4.78, 5) is 24.9. The van der Waals surface area contributed by atoms with E-state index in [1.54, 1.807) is 31.2 Å². The number of carbonyl (C=O) groups excluding carboxylic acids is 1. The van der Waals surface area contributed by atoms with Gasteiger partial charge >= 0.3 is 5.97 Å². The summed E-state index contributed by atoms with van der Waals surface area (Å²) in [5, 5.41) is 35.6. The van der Waals surface area contributed by atoms with Crippen LogP contribution in [0, 0.1) is 6.92 Å². The standard InChI is InChI=1S/C22H18N4O10S2/c1-11-17(37-36-35-30)9-12-3-4-13(10-16(12)20(11)34-2)23-24-18-19(22(28)29)25-26(21(18)27)14-5-7-15(8-6-14)38(31,32)33/h3-10,18,30H,1-2H3,(H,28,29)(H,31,32,33). The number of aliphatic carboxylic acids is 1. The molecule has 3 N–H and O–H groups in total. The molecular formula is C22H18N4O10S2. The van der Waals surface area contributed by atoms with Crippen molar-refractivity contribution in [1.82, 2.24) is 0 Å². The summed E-state index contributed by atoms with van der Waals surface area (Å²) in [6, 6.07) is 9.56. The first-order chi connectivity index (χ1) is 18.0. The largest absolute Gasteiger partial charge is 0.496 e. The minimum Gasteiger partial charge on any atom is -0.496 e. The molecule has 0 aliphatic carbocycles. The Morgan fingerprint density at radius 1 is 1.16 bits per heavy atom. The van der Waals surface area contributed by atoms with E-state index >= 15 is 0 Å². The van der Waals surface area contributed by atoms with Gasteiger partial charge in [-0.2, -0.15) is 28.8 Å². The van der Waals surface area contributed by atoms with Crippen molar-refractivity contribution in [2.75, 3.05) is 12.1 Å². The van der Waals surface area contributed by atoms with Crippen molar-refractivity contribution in [3.8, 4) is 5.75 Å². The van der Waals surface area contributed by atoms with Crippen LogP contribution in [0.2, 0.25) is 0 Å². The predicted molar refractivity (Wildman–Crippen MR) is 133 cm³/mol. The third kappa shape index (κ3) is 5.35. The molecule has 0 bridgehead atoms. The highest BCUT2D eigenvalue weighted by Crippen LogP contribution is 2.39. The van der Waals surface area contributed by atoms with Gasteiger partial charge in [0.1, 0.15) is 5.75 Å². The monoisotopic (exact) mass is 562 g/mol. The molecule has 0 saturated heterocycles. The summed E-state index contributed by atoms with van der Waals surface area (Å²) in [7, 11) is -2.99. The van der Waals surface area contributed by atoms with E-state index < -0.39 is 38.6 Å². The third-order valence-electron chi connectivity index (χ3n) is 5.43. The molecule has 38 heavy (non-hydrogen) atoms. The molecule has 0 aromatic heterocycles. The molecule has 4 rings (SSSR count). The number of azo groups is 1. The lowest BCUT2D eigenvalue weighted by atomic mass is 10.1. The fourth-order valence-electron chi connectivity index (χ4n) is 3.67. The summed E-state index contributed by atoms with van der Waals surface area (Å²) < 4.78 is 41.7. The molecular weight excluding hydrogens is 544 g/mol. The summed E-state index contributed by atoms with van der Waals surface area (Å²) >= 11 is 0.779. The minimum absolute atomic E-state index is 0.0639. The molecule has 3 aromatic rings. The highest BCUT2D eigenvalue weighted by Gasteiger charge is 2.41. The minimum atomic E-state index is -4.46. The van der Waals surface area contributed by atoms with E-state index in [4.69, 9.17) is 14.5 Å². The molecule has 1 amide bonds. The van der Waals surface area contributed by atoms with E-state index in [-0.39, 0.29) is 5.69 Å². The summed E-state index contributed by atoms with van der Waals surface area (Å²) in [6.45, 7) is 1.76. The van der Waals surface area contributed by atoms with E-state index in [0.717, 1.165) is 34.6 Å². The summed E-state index contributed by atoms with van der Waals surface area (Å²) in [5.74, 6) is -1.84. The van der Waals surface area contributed by atoms with Crippen molar-refractivity contribution >= 4 is 61.9 Å². The van der Waals surface area contributed by atoms with Crippen molar-refractivity contribution in [3.05, 3.63) is 54.1 Å². The fourth-order valence-corrected chi connectivity index (χ4v) is 4.65. The number of nitrogens with zero attached hydrogens (tertiary/aromatic N) is 4. The van der Waals surface area contributed by atoms with Crippen LogP contribution in [-0.2, 0) is 29.1 Å². The number of amides is 1. The number of hydrazone groups is 1. The van der Waals surface area contributed by atoms with Gasteiger partial charge in [-0.05, 0) is 54.8 Å². The van der Waals surface area contributed by atoms with Gasteiger partial charge in [-0.15, -0.1) is 4.33 Å². The van der Waals surface area contributed by atoms with E-state index in [1.165, 1.54) is 19.2 Å². The molecule has 1 aliphatic heterocycles. The number of ether oxygens (including phenoxy) is 1. The van der Waals surface area contributed by atoms with Crippen LogP contribution in [0.1, 0.15) is 5.56 Å². The molecule has 1 aliphatic rings. The first kappa shape index (κ1) is 27.1. The Bertz CT molecular complexity index is 1590. The highest BCUT2D eigenvalue weighted by molar-refractivity contribution is 7.94. The zero-order valence-electron chi connectivity index (χ0n) is 19.5. The van der Waals surface area contributed by atoms with Gasteiger partial charge in [-0.25, -0.2) is 10.1 Å². The van der Waals surface area contributed by atoms with Crippen molar-refractivity contribution in [1.29, 1.82) is 0 Å². The number of hydrogen-bond acceptors (Lipinski definition) is 12. The zero-order valence-corrected chi connectivity index (χ0v) is 21.1. The van der Waals surface area contributed by atoms with Gasteiger partial charge in [0.05, 0.1) is 35.4 Å². The van der Waals surface area contributed by atoms with Crippen LogP contribution in [0.4, 0.5) is 11.4 Å². The van der Waals surface area contributed by atoms with Crippen molar-refractivity contribution in [2.45, 2.75) is 22.8 Å². The van der Waals surface area contributed by atoms with E-state index in [2.05, 4.69) is 24.7 Å². The van der Waals surface area contributed by atoms with Gasteiger partial charge in [0.25, 0.3) is 16.0 Å². The molecule has 1 heterocycles. The van der Waals surface area contributed by atoms with Gasteiger partial charge in [-0.3, -0.25) is 9.35 Å². The van der Waals surface area contributed by atoms with Gasteiger partial charge < -0.3 is 9.84 Å². The first-order valence-electron chi connectivity index (χ1n) is 10.5. The highest BCUT2D eigenvalue weighted by atomic mass is 32.2. The molecule has 1 unspecified atom stereocenters. The van der Waals surface area contributed by atoms with Crippen LogP contribution in [0.25, 0.3) is 10.8 Å². The Hall–Kier alpha value is -3.93. The molecule has 0 radical (unpaired) electrons. The van der Waals surface area contributed by atoms with E-state index in [0.29, 0.717) is 27.3 Å². The average molecular weight is 563 g/mol. The number of hydrogen-bond donors (Lipinski definition) is 3. The Balaban J connectivity index is 1.65. The second kappa shape index (κ2) is 10.8. The second-order valence-corrected chi connectivity index (χ2v) is 9.86. The second-order valence-electron chi connectivity index (χ2n) is 7.69. The normalized spacial score (nSPS) is 15.9. The lowest BCUT2D eigenvalue weighted by Gasteiger charge is -2.13. The molecule has 0 saturated carbocycles. The van der Waals surface area contributed by atoms with Crippen LogP contribution in [0.15, 0.2) is 73.7 Å². The lowest BCUT2D eigenvalue weighted by molar-refractivity contribution is -0.432. The molecule has 0 spiro atoms. The molecule has 3 aromatic carbocycles. The molecule has 16 heteroatoms. The number of anilines is 1. The lowest BCUT2D eigenvalue weighted by Crippen LogP contribution is -2.33. The van der Waals surface area contributed by atoms with Gasteiger partial charge in [-0.1, -0.05) is 11.1 Å². The van der Waals surface area contributed by atoms with E-state index in [9.17, 15) is 23.1 Å². The Morgan fingerprint density at radius 3 is 2.47 bits per heavy atom. The van der Waals surface area contributed by atoms with Crippen LogP contribution in [-0.4, -0.2) is 54.1 Å². The number of benzene rings is 3. The Kier molecular flexibility index (Phi) is 7.72. The van der Waals surface area contributed by atoms with Gasteiger partial charge in [0, 0.05) is 15.8 Å². The third-order valence-corrected chi connectivity index (χ3v) is 7.03. The quantitative estimate of drug-likeness (QED) is 0.113. The van der Waals surface area contributed by atoms with Crippen molar-refractivity contribution in [2.24, 2.45) is 15.3 Å². The van der Waals surface area contributed by atoms with Crippen LogP contribution in [0.5, 0.6) is 5.75 Å². The molecule has 1 atom stereocenters. The maximum atomic E-state index is 13.0. The number of rotatable bonds is 9. The molecule has 0 fully saturated rings. The number of carboxylic acid groups (broad SMARTS) is 1. The van der Waals surface area contributed by atoms with Crippen molar-refractivity contribution in [3.63, 3.8) is 0 Å². The summed E-state index contributed by atoms with van der Waals surface area (Å²) in [5.41, 5.74) is 0.450. The number of methoxy groups -OCH3 is 1. The number of fused-ring (bicyclic) bond motifs is 1. The van der Waals surface area contributed by atoms with Gasteiger partial charge in [0.2, 0.25) is 6.04 Å². The van der Waals surface area contributed by atoms with Crippen LogP contribution < -0.4 is 9.75 Å². The number of carbonyl (C=O) groups is 2. The SMILES string of the molecule is COc1c(C)c(SOOO)cc2ccc(N=NC3C(=O)N(c4ccc(S(=O)(=O)O)cc4)N=C3C(=O)O)cc12. The zero-order chi connectivity index (χ0) is 27.6.